The van der Waals surface area contributed by atoms with Crippen molar-refractivity contribution in [2.45, 2.75) is 52.6 Å². The van der Waals surface area contributed by atoms with Crippen LogP contribution in [0, 0.1) is 5.41 Å². The molecule has 82 valence electrons. The number of nitrogens with one attached hydrogen (secondary N) is 2. The van der Waals surface area contributed by atoms with E-state index in [4.69, 9.17) is 0 Å². The Balaban J connectivity index is 2.20. The average molecular weight is 198 g/mol. The Labute approximate surface area is 86.6 Å². The minimum atomic E-state index is -0.0742. The van der Waals surface area contributed by atoms with Crippen LogP contribution < -0.4 is 10.6 Å². The van der Waals surface area contributed by atoms with Crippen LogP contribution in [0.1, 0.15) is 40.5 Å². The van der Waals surface area contributed by atoms with Gasteiger partial charge in [0, 0.05) is 12.6 Å². The highest BCUT2D eigenvalue weighted by atomic mass is 16.2. The van der Waals surface area contributed by atoms with Gasteiger partial charge in [-0.3, -0.25) is 4.79 Å². The van der Waals surface area contributed by atoms with E-state index in [1.165, 1.54) is 12.8 Å². The Hall–Kier alpha value is -0.570. The normalized spacial score (nSPS) is 20.6. The fraction of sp³-hybridized carbons (Fsp3) is 0.909. The summed E-state index contributed by atoms with van der Waals surface area (Å²) < 4.78 is 0. The van der Waals surface area contributed by atoms with Gasteiger partial charge in [-0.05, 0) is 39.0 Å². The maximum Gasteiger partial charge on any atom is 0.237 e. The van der Waals surface area contributed by atoms with Crippen molar-refractivity contribution in [3.8, 4) is 0 Å². The molecule has 1 saturated carbocycles. The second-order valence-corrected chi connectivity index (χ2v) is 5.08. The molecule has 1 atom stereocenters. The van der Waals surface area contributed by atoms with Crippen LogP contribution in [-0.2, 0) is 4.79 Å². The number of amides is 1. The molecule has 2 N–H and O–H groups in total. The third-order valence-electron chi connectivity index (χ3n) is 2.76. The third-order valence-corrected chi connectivity index (χ3v) is 2.76. The van der Waals surface area contributed by atoms with E-state index in [0.717, 1.165) is 6.54 Å². The first-order valence-electron chi connectivity index (χ1n) is 5.47. The lowest BCUT2D eigenvalue weighted by Crippen LogP contribution is -2.46. The standard InChI is InChI=1S/C11H22N2O/c1-8(2)13-10(14)9(3)12-7-11(4)5-6-11/h8-9,12H,5-7H2,1-4H3,(H,13,14). The van der Waals surface area contributed by atoms with Gasteiger partial charge in [-0.1, -0.05) is 6.92 Å². The summed E-state index contributed by atoms with van der Waals surface area (Å²) in [6, 6.07) is 0.151. The van der Waals surface area contributed by atoms with Crippen LogP contribution in [0.3, 0.4) is 0 Å². The molecule has 1 aliphatic carbocycles. The number of hydrogen-bond acceptors (Lipinski definition) is 2. The fourth-order valence-corrected chi connectivity index (χ4v) is 1.29. The molecule has 0 radical (unpaired) electrons. The van der Waals surface area contributed by atoms with E-state index in [2.05, 4.69) is 17.6 Å². The summed E-state index contributed by atoms with van der Waals surface area (Å²) in [5.74, 6) is 0.101. The molecule has 1 amide bonds. The molecule has 3 heteroatoms. The van der Waals surface area contributed by atoms with E-state index in [0.29, 0.717) is 5.41 Å². The molecular weight excluding hydrogens is 176 g/mol. The lowest BCUT2D eigenvalue weighted by atomic mass is 10.1. The van der Waals surface area contributed by atoms with Crippen LogP contribution in [0.4, 0.5) is 0 Å². The number of carbonyl (C=O) groups is 1. The van der Waals surface area contributed by atoms with Gasteiger partial charge >= 0.3 is 0 Å². The summed E-state index contributed by atoms with van der Waals surface area (Å²) >= 11 is 0. The quantitative estimate of drug-likeness (QED) is 0.699. The molecule has 0 bridgehead atoms. The van der Waals surface area contributed by atoms with Gasteiger partial charge in [-0.25, -0.2) is 0 Å². The Morgan fingerprint density at radius 1 is 1.36 bits per heavy atom. The molecule has 1 fully saturated rings. The molecule has 0 spiro atoms. The predicted octanol–water partition coefficient (Wildman–Crippen LogP) is 1.29. The zero-order chi connectivity index (χ0) is 10.8. The smallest absolute Gasteiger partial charge is 0.237 e. The highest BCUT2D eigenvalue weighted by Crippen LogP contribution is 2.44. The number of hydrogen-bond donors (Lipinski definition) is 2. The van der Waals surface area contributed by atoms with Crippen molar-refractivity contribution < 1.29 is 4.79 Å². The molecule has 0 aromatic rings. The second kappa shape index (κ2) is 4.30. The van der Waals surface area contributed by atoms with E-state index in [1.54, 1.807) is 0 Å². The van der Waals surface area contributed by atoms with Gasteiger partial charge in [0.15, 0.2) is 0 Å². The van der Waals surface area contributed by atoms with Crippen LogP contribution in [0.25, 0.3) is 0 Å². The first-order valence-corrected chi connectivity index (χ1v) is 5.47. The molecule has 1 unspecified atom stereocenters. The van der Waals surface area contributed by atoms with Crippen molar-refractivity contribution in [2.24, 2.45) is 5.41 Å². The monoisotopic (exact) mass is 198 g/mol. The van der Waals surface area contributed by atoms with E-state index in [9.17, 15) is 4.79 Å². The van der Waals surface area contributed by atoms with Crippen LogP contribution in [0.5, 0.6) is 0 Å². The first kappa shape index (κ1) is 11.5. The van der Waals surface area contributed by atoms with Crippen LogP contribution in [-0.4, -0.2) is 24.5 Å². The largest absolute Gasteiger partial charge is 0.353 e. The third kappa shape index (κ3) is 3.66. The Kier molecular flexibility index (Phi) is 3.53. The fourth-order valence-electron chi connectivity index (χ4n) is 1.29. The SMILES string of the molecule is CC(C)NC(=O)C(C)NCC1(C)CC1. The van der Waals surface area contributed by atoms with E-state index in [-0.39, 0.29) is 18.0 Å². The lowest BCUT2D eigenvalue weighted by Gasteiger charge is -2.18. The topological polar surface area (TPSA) is 41.1 Å². The zero-order valence-corrected chi connectivity index (χ0v) is 9.68. The van der Waals surface area contributed by atoms with E-state index in [1.807, 2.05) is 20.8 Å². The van der Waals surface area contributed by atoms with Crippen molar-refractivity contribution in [1.29, 1.82) is 0 Å². The molecule has 0 aromatic heterocycles. The van der Waals surface area contributed by atoms with Gasteiger partial charge in [0.25, 0.3) is 0 Å². The molecule has 0 saturated heterocycles. The molecule has 0 heterocycles. The first-order chi connectivity index (χ1) is 6.43. The van der Waals surface area contributed by atoms with Crippen molar-refractivity contribution in [1.82, 2.24) is 10.6 Å². The minimum absolute atomic E-state index is 0.0742. The van der Waals surface area contributed by atoms with Crippen LogP contribution in [0.15, 0.2) is 0 Å². The number of carbonyl (C=O) groups excluding carboxylic acids is 1. The van der Waals surface area contributed by atoms with Gasteiger partial charge in [0.05, 0.1) is 6.04 Å². The van der Waals surface area contributed by atoms with Crippen LogP contribution in [0.2, 0.25) is 0 Å². The Morgan fingerprint density at radius 3 is 2.36 bits per heavy atom. The molecule has 3 nitrogen and oxygen atoms in total. The van der Waals surface area contributed by atoms with Crippen molar-refractivity contribution in [2.75, 3.05) is 6.54 Å². The summed E-state index contributed by atoms with van der Waals surface area (Å²) in [4.78, 5) is 11.5. The van der Waals surface area contributed by atoms with E-state index >= 15 is 0 Å². The van der Waals surface area contributed by atoms with E-state index < -0.39 is 0 Å². The van der Waals surface area contributed by atoms with Gasteiger partial charge in [0.1, 0.15) is 0 Å². The molecule has 14 heavy (non-hydrogen) atoms. The van der Waals surface area contributed by atoms with Gasteiger partial charge in [-0.15, -0.1) is 0 Å². The molecule has 0 aliphatic heterocycles. The van der Waals surface area contributed by atoms with Crippen molar-refractivity contribution in [3.05, 3.63) is 0 Å². The average Bonchev–Trinajstić information content (AvgIpc) is 2.79. The highest BCUT2D eigenvalue weighted by Gasteiger charge is 2.37. The van der Waals surface area contributed by atoms with Crippen LogP contribution >= 0.6 is 0 Å². The maximum atomic E-state index is 11.5. The lowest BCUT2D eigenvalue weighted by molar-refractivity contribution is -0.123. The highest BCUT2D eigenvalue weighted by molar-refractivity contribution is 5.81. The van der Waals surface area contributed by atoms with Crippen molar-refractivity contribution in [3.63, 3.8) is 0 Å². The van der Waals surface area contributed by atoms with Crippen molar-refractivity contribution >= 4 is 5.91 Å². The summed E-state index contributed by atoms with van der Waals surface area (Å²) in [7, 11) is 0. The van der Waals surface area contributed by atoms with Gasteiger partial charge in [0.2, 0.25) is 5.91 Å². The molecule has 0 aromatic carbocycles. The van der Waals surface area contributed by atoms with Gasteiger partial charge in [-0.2, -0.15) is 0 Å². The van der Waals surface area contributed by atoms with Gasteiger partial charge < -0.3 is 10.6 Å². The minimum Gasteiger partial charge on any atom is -0.353 e. The predicted molar refractivity (Wildman–Crippen MR) is 58.1 cm³/mol. The second-order valence-electron chi connectivity index (χ2n) is 5.08. The Bertz CT molecular complexity index is 209. The number of rotatable bonds is 5. The molecule has 1 rings (SSSR count). The molecule has 1 aliphatic rings. The maximum absolute atomic E-state index is 11.5. The summed E-state index contributed by atoms with van der Waals surface area (Å²) in [6.45, 7) is 9.09. The zero-order valence-electron chi connectivity index (χ0n) is 9.68. The molecular formula is C11H22N2O. The Morgan fingerprint density at radius 2 is 1.93 bits per heavy atom. The summed E-state index contributed by atoms with van der Waals surface area (Å²) in [5, 5.41) is 6.18. The summed E-state index contributed by atoms with van der Waals surface area (Å²) in [5.41, 5.74) is 0.465. The summed E-state index contributed by atoms with van der Waals surface area (Å²) in [6.07, 6.45) is 2.58.